The summed E-state index contributed by atoms with van der Waals surface area (Å²) in [6, 6.07) is 12.4. The molecule has 0 saturated carbocycles. The summed E-state index contributed by atoms with van der Waals surface area (Å²) in [7, 11) is 0. The largest absolute Gasteiger partial charge is 0.416 e. The molecule has 1 heterocycles. The third kappa shape index (κ3) is 5.70. The van der Waals surface area contributed by atoms with Crippen LogP contribution in [0.5, 0.6) is 0 Å². The van der Waals surface area contributed by atoms with Crippen LogP contribution in [-0.4, -0.2) is 48.4 Å². The van der Waals surface area contributed by atoms with E-state index in [-0.39, 0.29) is 18.1 Å². The molecule has 0 aromatic heterocycles. The van der Waals surface area contributed by atoms with Crippen LogP contribution in [-0.2, 0) is 17.5 Å². The number of amides is 1. The Labute approximate surface area is 166 Å². The van der Waals surface area contributed by atoms with Crippen molar-refractivity contribution >= 4 is 23.2 Å². The first-order valence-corrected chi connectivity index (χ1v) is 9.34. The van der Waals surface area contributed by atoms with Crippen molar-refractivity contribution in [3.63, 3.8) is 0 Å². The molecule has 28 heavy (non-hydrogen) atoms. The molecule has 2 aromatic rings. The zero-order chi connectivity index (χ0) is 20.1. The molecule has 0 bridgehead atoms. The monoisotopic (exact) mass is 411 g/mol. The molecule has 150 valence electrons. The van der Waals surface area contributed by atoms with Gasteiger partial charge in [-0.1, -0.05) is 35.9 Å². The number of carbonyl (C=O) groups is 1. The molecule has 2 aromatic carbocycles. The van der Waals surface area contributed by atoms with E-state index in [0.29, 0.717) is 13.1 Å². The molecule has 0 unspecified atom stereocenters. The van der Waals surface area contributed by atoms with Gasteiger partial charge in [-0.2, -0.15) is 13.2 Å². The lowest BCUT2D eigenvalue weighted by Gasteiger charge is -2.34. The van der Waals surface area contributed by atoms with E-state index in [1.54, 1.807) is 0 Å². The van der Waals surface area contributed by atoms with Crippen LogP contribution < -0.4 is 5.32 Å². The number of nitrogens with one attached hydrogen (secondary N) is 1. The molecule has 1 aliphatic rings. The zero-order valence-corrected chi connectivity index (χ0v) is 15.9. The topological polar surface area (TPSA) is 35.6 Å². The van der Waals surface area contributed by atoms with Crippen molar-refractivity contribution in [1.29, 1.82) is 0 Å². The molecular formula is C20H21ClF3N3O. The van der Waals surface area contributed by atoms with Crippen molar-refractivity contribution in [2.24, 2.45) is 0 Å². The van der Waals surface area contributed by atoms with Crippen LogP contribution >= 0.6 is 11.6 Å². The van der Waals surface area contributed by atoms with Gasteiger partial charge in [0.05, 0.1) is 12.1 Å². The average molecular weight is 412 g/mol. The van der Waals surface area contributed by atoms with Crippen molar-refractivity contribution < 1.29 is 18.0 Å². The smallest absolute Gasteiger partial charge is 0.325 e. The number of nitrogens with zero attached hydrogens (tertiary/aromatic N) is 2. The van der Waals surface area contributed by atoms with Crippen LogP contribution in [0.4, 0.5) is 18.9 Å². The highest BCUT2D eigenvalue weighted by Crippen LogP contribution is 2.30. The quantitative estimate of drug-likeness (QED) is 0.804. The second-order valence-corrected chi connectivity index (χ2v) is 7.18. The van der Waals surface area contributed by atoms with Gasteiger partial charge in [0.25, 0.3) is 0 Å². The fraction of sp³-hybridized carbons (Fsp3) is 0.350. The molecule has 1 saturated heterocycles. The van der Waals surface area contributed by atoms with Crippen LogP contribution in [0.25, 0.3) is 0 Å². The Morgan fingerprint density at radius 3 is 2.36 bits per heavy atom. The minimum absolute atomic E-state index is 0.149. The number of halogens is 4. The SMILES string of the molecule is O=C(CN1CCN(Cc2ccccc2Cl)CC1)Nc1cccc(C(F)(F)F)c1. The standard InChI is InChI=1S/C20H21ClF3N3O/c21-18-7-2-1-4-15(18)13-26-8-10-27(11-9-26)14-19(28)25-17-6-3-5-16(12-17)20(22,23)24/h1-7,12H,8-11,13-14H2,(H,25,28). The summed E-state index contributed by atoms with van der Waals surface area (Å²) in [5.41, 5.74) is 0.440. The Bertz CT molecular complexity index is 820. The third-order valence-electron chi connectivity index (χ3n) is 4.66. The molecule has 1 aliphatic heterocycles. The Balaban J connectivity index is 1.47. The number of hydrogen-bond donors (Lipinski definition) is 1. The van der Waals surface area contributed by atoms with Gasteiger partial charge in [0.1, 0.15) is 0 Å². The summed E-state index contributed by atoms with van der Waals surface area (Å²) >= 11 is 6.20. The Morgan fingerprint density at radius 2 is 1.68 bits per heavy atom. The normalized spacial score (nSPS) is 16.1. The van der Waals surface area contributed by atoms with Crippen molar-refractivity contribution in [1.82, 2.24) is 9.80 Å². The molecule has 0 aliphatic carbocycles. The maximum absolute atomic E-state index is 12.8. The van der Waals surface area contributed by atoms with E-state index in [0.717, 1.165) is 42.4 Å². The fourth-order valence-electron chi connectivity index (χ4n) is 3.15. The number of rotatable bonds is 5. The summed E-state index contributed by atoms with van der Waals surface area (Å²) in [5, 5.41) is 3.29. The molecule has 1 fully saturated rings. The number of benzene rings is 2. The minimum atomic E-state index is -4.43. The van der Waals surface area contributed by atoms with E-state index < -0.39 is 11.7 Å². The van der Waals surface area contributed by atoms with Gasteiger partial charge in [-0.05, 0) is 29.8 Å². The third-order valence-corrected chi connectivity index (χ3v) is 5.03. The number of anilines is 1. The summed E-state index contributed by atoms with van der Waals surface area (Å²) in [6.45, 7) is 3.91. The first kappa shape index (κ1) is 20.6. The molecular weight excluding hydrogens is 391 g/mol. The lowest BCUT2D eigenvalue weighted by Crippen LogP contribution is -2.48. The summed E-state index contributed by atoms with van der Waals surface area (Å²) in [4.78, 5) is 16.5. The van der Waals surface area contributed by atoms with E-state index in [2.05, 4.69) is 10.2 Å². The lowest BCUT2D eigenvalue weighted by molar-refractivity contribution is -0.137. The molecule has 0 spiro atoms. The second-order valence-electron chi connectivity index (χ2n) is 6.77. The Morgan fingerprint density at radius 1 is 1.00 bits per heavy atom. The van der Waals surface area contributed by atoms with Crippen molar-refractivity contribution in [2.45, 2.75) is 12.7 Å². The fourth-order valence-corrected chi connectivity index (χ4v) is 3.35. The van der Waals surface area contributed by atoms with Crippen LogP contribution in [0.1, 0.15) is 11.1 Å². The molecule has 0 radical (unpaired) electrons. The van der Waals surface area contributed by atoms with E-state index >= 15 is 0 Å². The predicted octanol–water partition coefficient (Wildman–Crippen LogP) is 4.12. The van der Waals surface area contributed by atoms with Gasteiger partial charge >= 0.3 is 6.18 Å². The maximum Gasteiger partial charge on any atom is 0.416 e. The minimum Gasteiger partial charge on any atom is -0.325 e. The van der Waals surface area contributed by atoms with Crippen molar-refractivity contribution in [2.75, 3.05) is 38.0 Å². The molecule has 1 N–H and O–H groups in total. The molecule has 1 amide bonds. The van der Waals surface area contributed by atoms with Gasteiger partial charge in [-0.15, -0.1) is 0 Å². The molecule has 4 nitrogen and oxygen atoms in total. The van der Waals surface area contributed by atoms with Crippen molar-refractivity contribution in [3.8, 4) is 0 Å². The molecule has 0 atom stereocenters. The van der Waals surface area contributed by atoms with Gasteiger partial charge in [0, 0.05) is 43.4 Å². The molecule has 8 heteroatoms. The summed E-state index contributed by atoms with van der Waals surface area (Å²) in [5.74, 6) is -0.320. The van der Waals surface area contributed by atoms with Gasteiger partial charge < -0.3 is 5.32 Å². The summed E-state index contributed by atoms with van der Waals surface area (Å²) in [6.07, 6.45) is -4.43. The predicted molar refractivity (Wildman–Crippen MR) is 103 cm³/mol. The summed E-state index contributed by atoms with van der Waals surface area (Å²) < 4.78 is 38.3. The maximum atomic E-state index is 12.8. The van der Waals surface area contributed by atoms with E-state index in [4.69, 9.17) is 11.6 Å². The highest BCUT2D eigenvalue weighted by atomic mass is 35.5. The Kier molecular flexibility index (Phi) is 6.59. The van der Waals surface area contributed by atoms with Gasteiger partial charge in [0.15, 0.2) is 0 Å². The van der Waals surface area contributed by atoms with Crippen LogP contribution in [0.2, 0.25) is 5.02 Å². The second kappa shape index (κ2) is 8.94. The number of alkyl halides is 3. The highest BCUT2D eigenvalue weighted by Gasteiger charge is 2.30. The Hall–Kier alpha value is -2.09. The first-order chi connectivity index (χ1) is 13.3. The van der Waals surface area contributed by atoms with E-state index in [9.17, 15) is 18.0 Å². The average Bonchev–Trinajstić information content (AvgIpc) is 2.65. The van der Waals surface area contributed by atoms with E-state index in [1.165, 1.54) is 12.1 Å². The van der Waals surface area contributed by atoms with Crippen LogP contribution in [0, 0.1) is 0 Å². The van der Waals surface area contributed by atoms with E-state index in [1.807, 2.05) is 29.2 Å². The highest BCUT2D eigenvalue weighted by molar-refractivity contribution is 6.31. The lowest BCUT2D eigenvalue weighted by atomic mass is 10.2. The number of piperazine rings is 1. The van der Waals surface area contributed by atoms with Gasteiger partial charge in [0.2, 0.25) is 5.91 Å². The molecule has 3 rings (SSSR count). The van der Waals surface area contributed by atoms with Crippen LogP contribution in [0.15, 0.2) is 48.5 Å². The zero-order valence-electron chi connectivity index (χ0n) is 15.2. The number of carbonyl (C=O) groups excluding carboxylic acids is 1. The van der Waals surface area contributed by atoms with Crippen LogP contribution in [0.3, 0.4) is 0 Å². The van der Waals surface area contributed by atoms with Crippen molar-refractivity contribution in [3.05, 3.63) is 64.7 Å². The van der Waals surface area contributed by atoms with Gasteiger partial charge in [-0.25, -0.2) is 0 Å². The number of hydrogen-bond acceptors (Lipinski definition) is 3. The van der Waals surface area contributed by atoms with Gasteiger partial charge in [-0.3, -0.25) is 14.6 Å². The first-order valence-electron chi connectivity index (χ1n) is 8.96.